The van der Waals surface area contributed by atoms with Crippen LogP contribution in [-0.4, -0.2) is 37.1 Å². The first-order chi connectivity index (χ1) is 5.59. The molecule has 2 nitrogen and oxygen atoms in total. The molecule has 12 heavy (non-hydrogen) atoms. The standard InChI is InChI=1S/C10H22N2/c1-8(2)12(4)7-10-5-9(3)6-11-10/h8-11H,5-7H2,1-4H3. The fourth-order valence-corrected chi connectivity index (χ4v) is 1.72. The number of rotatable bonds is 3. The van der Waals surface area contributed by atoms with Crippen LogP contribution in [0.3, 0.4) is 0 Å². The summed E-state index contributed by atoms with van der Waals surface area (Å²) in [4.78, 5) is 2.41. The Balaban J connectivity index is 2.23. The first kappa shape index (κ1) is 10.0. The Hall–Kier alpha value is -0.0800. The predicted octanol–water partition coefficient (Wildman–Crippen LogP) is 1.32. The van der Waals surface area contributed by atoms with Crippen LogP contribution in [0, 0.1) is 5.92 Å². The van der Waals surface area contributed by atoms with Crippen LogP contribution in [0.15, 0.2) is 0 Å². The molecule has 1 rings (SSSR count). The van der Waals surface area contributed by atoms with Gasteiger partial charge in [-0.3, -0.25) is 0 Å². The highest BCUT2D eigenvalue weighted by molar-refractivity contribution is 4.81. The van der Waals surface area contributed by atoms with Gasteiger partial charge in [0.25, 0.3) is 0 Å². The fraction of sp³-hybridized carbons (Fsp3) is 1.00. The molecule has 0 amide bonds. The molecule has 72 valence electrons. The van der Waals surface area contributed by atoms with Gasteiger partial charge in [0.2, 0.25) is 0 Å². The zero-order valence-corrected chi connectivity index (χ0v) is 8.80. The van der Waals surface area contributed by atoms with E-state index in [0.717, 1.165) is 12.0 Å². The number of likely N-dealkylation sites (N-methyl/N-ethyl adjacent to an activating group) is 1. The molecular weight excluding hydrogens is 148 g/mol. The monoisotopic (exact) mass is 170 g/mol. The van der Waals surface area contributed by atoms with Crippen molar-refractivity contribution in [1.82, 2.24) is 10.2 Å². The molecule has 1 aliphatic heterocycles. The lowest BCUT2D eigenvalue weighted by atomic mass is 10.1. The second-order valence-corrected chi connectivity index (χ2v) is 4.48. The summed E-state index contributed by atoms with van der Waals surface area (Å²) >= 11 is 0. The van der Waals surface area contributed by atoms with Gasteiger partial charge in [0.05, 0.1) is 0 Å². The maximum atomic E-state index is 3.55. The minimum Gasteiger partial charge on any atom is -0.312 e. The van der Waals surface area contributed by atoms with E-state index in [1.54, 1.807) is 0 Å². The van der Waals surface area contributed by atoms with Crippen LogP contribution in [0.2, 0.25) is 0 Å². The average molecular weight is 170 g/mol. The molecule has 0 aromatic rings. The Morgan fingerprint density at radius 1 is 1.50 bits per heavy atom. The van der Waals surface area contributed by atoms with Crippen molar-refractivity contribution in [3.8, 4) is 0 Å². The van der Waals surface area contributed by atoms with Crippen molar-refractivity contribution in [1.29, 1.82) is 0 Å². The predicted molar refractivity (Wildman–Crippen MR) is 53.3 cm³/mol. The third-order valence-electron chi connectivity index (χ3n) is 2.83. The van der Waals surface area contributed by atoms with Crippen molar-refractivity contribution in [2.24, 2.45) is 5.92 Å². The molecule has 0 aliphatic carbocycles. The van der Waals surface area contributed by atoms with E-state index in [1.165, 1.54) is 19.5 Å². The Bertz CT molecular complexity index is 134. The minimum atomic E-state index is 0.669. The van der Waals surface area contributed by atoms with E-state index in [9.17, 15) is 0 Å². The third kappa shape index (κ3) is 2.76. The van der Waals surface area contributed by atoms with Crippen LogP contribution in [0.25, 0.3) is 0 Å². The van der Waals surface area contributed by atoms with E-state index in [2.05, 4.69) is 38.0 Å². The third-order valence-corrected chi connectivity index (χ3v) is 2.83. The first-order valence-electron chi connectivity index (χ1n) is 5.03. The molecule has 1 fully saturated rings. The summed E-state index contributed by atoms with van der Waals surface area (Å²) in [5, 5.41) is 3.55. The van der Waals surface area contributed by atoms with Gasteiger partial charge in [0, 0.05) is 18.6 Å². The van der Waals surface area contributed by atoms with E-state index in [1.807, 2.05) is 0 Å². The molecule has 1 heterocycles. The maximum Gasteiger partial charge on any atom is 0.0198 e. The zero-order chi connectivity index (χ0) is 9.14. The maximum absolute atomic E-state index is 3.55. The van der Waals surface area contributed by atoms with E-state index < -0.39 is 0 Å². The van der Waals surface area contributed by atoms with Gasteiger partial charge in [0.1, 0.15) is 0 Å². The fourth-order valence-electron chi connectivity index (χ4n) is 1.72. The Morgan fingerprint density at radius 2 is 2.17 bits per heavy atom. The van der Waals surface area contributed by atoms with Crippen molar-refractivity contribution >= 4 is 0 Å². The molecule has 0 aromatic heterocycles. The number of hydrogen-bond donors (Lipinski definition) is 1. The normalized spacial score (nSPS) is 30.5. The molecule has 0 spiro atoms. The molecule has 2 unspecified atom stereocenters. The zero-order valence-electron chi connectivity index (χ0n) is 8.80. The molecule has 0 aromatic carbocycles. The SMILES string of the molecule is CC1CNC(CN(C)C(C)C)C1. The summed E-state index contributed by atoms with van der Waals surface area (Å²) in [7, 11) is 2.20. The van der Waals surface area contributed by atoms with E-state index in [-0.39, 0.29) is 0 Å². The molecule has 1 aliphatic rings. The van der Waals surface area contributed by atoms with E-state index in [4.69, 9.17) is 0 Å². The molecule has 0 saturated carbocycles. The Morgan fingerprint density at radius 3 is 2.58 bits per heavy atom. The molecule has 2 atom stereocenters. The van der Waals surface area contributed by atoms with Gasteiger partial charge in [0.15, 0.2) is 0 Å². The van der Waals surface area contributed by atoms with Crippen LogP contribution < -0.4 is 5.32 Å². The van der Waals surface area contributed by atoms with E-state index in [0.29, 0.717) is 6.04 Å². The molecular formula is C10H22N2. The Labute approximate surface area is 76.3 Å². The molecule has 2 heteroatoms. The lowest BCUT2D eigenvalue weighted by Crippen LogP contribution is -2.38. The second-order valence-electron chi connectivity index (χ2n) is 4.48. The van der Waals surface area contributed by atoms with Gasteiger partial charge in [-0.2, -0.15) is 0 Å². The van der Waals surface area contributed by atoms with Gasteiger partial charge in [-0.1, -0.05) is 6.92 Å². The topological polar surface area (TPSA) is 15.3 Å². The minimum absolute atomic E-state index is 0.669. The summed E-state index contributed by atoms with van der Waals surface area (Å²) in [6, 6.07) is 1.40. The van der Waals surface area contributed by atoms with E-state index >= 15 is 0 Å². The largest absolute Gasteiger partial charge is 0.312 e. The van der Waals surface area contributed by atoms with Crippen LogP contribution in [0.5, 0.6) is 0 Å². The van der Waals surface area contributed by atoms with Crippen molar-refractivity contribution in [3.05, 3.63) is 0 Å². The van der Waals surface area contributed by atoms with Gasteiger partial charge >= 0.3 is 0 Å². The summed E-state index contributed by atoms with van der Waals surface area (Å²) in [5.74, 6) is 0.871. The van der Waals surface area contributed by atoms with Gasteiger partial charge in [-0.15, -0.1) is 0 Å². The molecule has 1 saturated heterocycles. The average Bonchev–Trinajstić information content (AvgIpc) is 2.35. The molecule has 0 bridgehead atoms. The van der Waals surface area contributed by atoms with Crippen LogP contribution in [-0.2, 0) is 0 Å². The second kappa shape index (κ2) is 4.24. The van der Waals surface area contributed by atoms with Gasteiger partial charge in [-0.25, -0.2) is 0 Å². The van der Waals surface area contributed by atoms with Crippen molar-refractivity contribution in [2.45, 2.75) is 39.3 Å². The molecule has 0 radical (unpaired) electrons. The van der Waals surface area contributed by atoms with Crippen LogP contribution in [0.4, 0.5) is 0 Å². The van der Waals surface area contributed by atoms with Crippen molar-refractivity contribution in [3.63, 3.8) is 0 Å². The Kier molecular flexibility index (Phi) is 3.53. The summed E-state index contributed by atoms with van der Waals surface area (Å²) < 4.78 is 0. The first-order valence-corrected chi connectivity index (χ1v) is 5.03. The van der Waals surface area contributed by atoms with Crippen molar-refractivity contribution < 1.29 is 0 Å². The van der Waals surface area contributed by atoms with Crippen molar-refractivity contribution in [2.75, 3.05) is 20.1 Å². The lowest BCUT2D eigenvalue weighted by molar-refractivity contribution is 0.248. The number of hydrogen-bond acceptors (Lipinski definition) is 2. The highest BCUT2D eigenvalue weighted by Crippen LogP contribution is 2.13. The smallest absolute Gasteiger partial charge is 0.0198 e. The van der Waals surface area contributed by atoms with Crippen LogP contribution >= 0.6 is 0 Å². The van der Waals surface area contributed by atoms with Crippen LogP contribution in [0.1, 0.15) is 27.2 Å². The quantitative estimate of drug-likeness (QED) is 0.687. The summed E-state index contributed by atoms with van der Waals surface area (Å²) in [5.41, 5.74) is 0. The summed E-state index contributed by atoms with van der Waals surface area (Å²) in [6.07, 6.45) is 1.34. The molecule has 1 N–H and O–H groups in total. The number of nitrogens with one attached hydrogen (secondary N) is 1. The highest BCUT2D eigenvalue weighted by atomic mass is 15.1. The number of nitrogens with zero attached hydrogens (tertiary/aromatic N) is 1. The summed E-state index contributed by atoms with van der Waals surface area (Å²) in [6.45, 7) is 9.22. The van der Waals surface area contributed by atoms with Gasteiger partial charge < -0.3 is 10.2 Å². The van der Waals surface area contributed by atoms with Gasteiger partial charge in [-0.05, 0) is 39.8 Å². The lowest BCUT2D eigenvalue weighted by Gasteiger charge is -2.24. The highest BCUT2D eigenvalue weighted by Gasteiger charge is 2.21.